The molecule has 0 aliphatic rings. The minimum Gasteiger partial charge on any atom is -0.492 e. The van der Waals surface area contributed by atoms with E-state index in [-0.39, 0.29) is 28.7 Å². The second kappa shape index (κ2) is 12.5. The molecule has 0 saturated heterocycles. The van der Waals surface area contributed by atoms with Crippen molar-refractivity contribution in [3.05, 3.63) is 29.8 Å². The quantitative estimate of drug-likeness (QED) is 0.259. The zero-order chi connectivity index (χ0) is 18.0. The molecular weight excluding hydrogens is 449 g/mol. The summed E-state index contributed by atoms with van der Waals surface area (Å²) in [5.74, 6) is 2.17. The molecule has 2 N–H and O–H groups in total. The van der Waals surface area contributed by atoms with Crippen molar-refractivity contribution in [1.82, 2.24) is 10.6 Å². The highest BCUT2D eigenvalue weighted by molar-refractivity contribution is 14.0. The van der Waals surface area contributed by atoms with Crippen LogP contribution >= 0.6 is 24.0 Å². The highest BCUT2D eigenvalue weighted by atomic mass is 127. The van der Waals surface area contributed by atoms with Gasteiger partial charge in [-0.3, -0.25) is 9.20 Å². The topological polar surface area (TPSA) is 62.7 Å². The van der Waals surface area contributed by atoms with Crippen molar-refractivity contribution in [2.45, 2.75) is 39.4 Å². The molecular formula is C18H32IN3O2S. The van der Waals surface area contributed by atoms with Gasteiger partial charge in [0.1, 0.15) is 12.4 Å². The summed E-state index contributed by atoms with van der Waals surface area (Å²) in [6.45, 7) is 12.6. The number of hydrogen-bond acceptors (Lipinski definition) is 3. The maximum atomic E-state index is 12.0. The lowest BCUT2D eigenvalue weighted by molar-refractivity contribution is 0.322. The van der Waals surface area contributed by atoms with E-state index in [4.69, 9.17) is 4.74 Å². The van der Waals surface area contributed by atoms with Crippen LogP contribution < -0.4 is 15.4 Å². The molecule has 0 aromatic heterocycles. The molecule has 0 aliphatic heterocycles. The first-order valence-corrected chi connectivity index (χ1v) is 9.75. The average Bonchev–Trinajstić information content (AvgIpc) is 2.52. The molecule has 7 heteroatoms. The maximum Gasteiger partial charge on any atom is 0.191 e. The first-order chi connectivity index (χ1) is 11.3. The molecule has 0 amide bonds. The van der Waals surface area contributed by atoms with Gasteiger partial charge in [-0.1, -0.05) is 17.7 Å². The predicted molar refractivity (Wildman–Crippen MR) is 119 cm³/mol. The smallest absolute Gasteiger partial charge is 0.191 e. The van der Waals surface area contributed by atoms with Crippen molar-refractivity contribution in [2.24, 2.45) is 4.99 Å². The van der Waals surface area contributed by atoms with Crippen LogP contribution in [0.25, 0.3) is 0 Å². The molecule has 0 saturated carbocycles. The van der Waals surface area contributed by atoms with Crippen molar-refractivity contribution >= 4 is 40.7 Å². The number of halogens is 1. The normalized spacial score (nSPS) is 12.9. The summed E-state index contributed by atoms with van der Waals surface area (Å²) in [5, 5.41) is 6.42. The lowest BCUT2D eigenvalue weighted by Crippen LogP contribution is -2.39. The molecule has 0 heterocycles. The van der Waals surface area contributed by atoms with Gasteiger partial charge in [-0.25, -0.2) is 0 Å². The molecule has 0 radical (unpaired) electrons. The molecule has 5 nitrogen and oxygen atoms in total. The second-order valence-electron chi connectivity index (χ2n) is 6.51. The van der Waals surface area contributed by atoms with Crippen LogP contribution in [-0.4, -0.2) is 46.9 Å². The van der Waals surface area contributed by atoms with Gasteiger partial charge >= 0.3 is 0 Å². The zero-order valence-corrected chi connectivity index (χ0v) is 19.1. The van der Waals surface area contributed by atoms with E-state index in [0.29, 0.717) is 25.4 Å². The van der Waals surface area contributed by atoms with Crippen molar-refractivity contribution in [3.8, 4) is 5.75 Å². The fourth-order valence-electron chi connectivity index (χ4n) is 1.86. The van der Waals surface area contributed by atoms with Crippen molar-refractivity contribution in [1.29, 1.82) is 0 Å². The molecule has 1 aromatic carbocycles. The van der Waals surface area contributed by atoms with Crippen molar-refractivity contribution < 1.29 is 8.95 Å². The number of ether oxygens (including phenoxy) is 1. The van der Waals surface area contributed by atoms with Gasteiger partial charge in [-0.05, 0) is 46.8 Å². The van der Waals surface area contributed by atoms with Crippen LogP contribution in [0.15, 0.2) is 29.3 Å². The Hall–Kier alpha value is -0.830. The van der Waals surface area contributed by atoms with E-state index in [9.17, 15) is 4.21 Å². The zero-order valence-electron chi connectivity index (χ0n) is 15.9. The third-order valence-electron chi connectivity index (χ3n) is 3.26. The molecule has 1 unspecified atom stereocenters. The first kappa shape index (κ1) is 24.2. The maximum absolute atomic E-state index is 12.0. The standard InChI is InChI=1S/C18H31N3O2S.HI/c1-6-19-17(21-12-14-24(22)18(3,4)5)20-11-13-23-16-9-7-15(2)8-10-16;/h7-10H,6,11-14H2,1-5H3,(H2,19,20,21);1H. The SMILES string of the molecule is CCNC(=NCCS(=O)C(C)(C)C)NCCOc1ccc(C)cc1.I. The third kappa shape index (κ3) is 10.7. The summed E-state index contributed by atoms with van der Waals surface area (Å²) in [4.78, 5) is 4.47. The van der Waals surface area contributed by atoms with Gasteiger partial charge in [0.2, 0.25) is 0 Å². The molecule has 25 heavy (non-hydrogen) atoms. The lowest BCUT2D eigenvalue weighted by atomic mass is 10.2. The van der Waals surface area contributed by atoms with E-state index in [2.05, 4.69) is 22.5 Å². The van der Waals surface area contributed by atoms with E-state index in [1.54, 1.807) is 0 Å². The summed E-state index contributed by atoms with van der Waals surface area (Å²) in [7, 11) is -0.879. The van der Waals surface area contributed by atoms with E-state index >= 15 is 0 Å². The number of guanidine groups is 1. The van der Waals surface area contributed by atoms with E-state index in [1.165, 1.54) is 5.56 Å². The Labute approximate surface area is 171 Å². The van der Waals surface area contributed by atoms with Crippen molar-refractivity contribution in [3.63, 3.8) is 0 Å². The van der Waals surface area contributed by atoms with Crippen LogP contribution in [0.5, 0.6) is 5.75 Å². The summed E-state index contributed by atoms with van der Waals surface area (Å²) >= 11 is 0. The number of hydrogen-bond donors (Lipinski definition) is 2. The second-order valence-corrected chi connectivity index (χ2v) is 8.84. The van der Waals surface area contributed by atoms with Crippen LogP contribution in [0.2, 0.25) is 0 Å². The Morgan fingerprint density at radius 2 is 1.84 bits per heavy atom. The number of benzene rings is 1. The molecule has 144 valence electrons. The van der Waals surface area contributed by atoms with Crippen LogP contribution in [0.1, 0.15) is 33.3 Å². The van der Waals surface area contributed by atoms with Gasteiger partial charge in [0, 0.05) is 27.8 Å². The predicted octanol–water partition coefficient (Wildman–Crippen LogP) is 3.09. The molecule has 1 rings (SSSR count). The summed E-state index contributed by atoms with van der Waals surface area (Å²) in [6, 6.07) is 8.00. The van der Waals surface area contributed by atoms with E-state index in [0.717, 1.165) is 18.3 Å². The Bertz CT molecular complexity index is 542. The molecule has 0 spiro atoms. The molecule has 0 aliphatic carbocycles. The van der Waals surface area contributed by atoms with Gasteiger partial charge < -0.3 is 15.4 Å². The molecule has 1 aromatic rings. The Morgan fingerprint density at radius 3 is 2.40 bits per heavy atom. The number of nitrogens with zero attached hydrogens (tertiary/aromatic N) is 1. The minimum atomic E-state index is -0.879. The van der Waals surface area contributed by atoms with Crippen LogP contribution in [-0.2, 0) is 10.8 Å². The minimum absolute atomic E-state index is 0. The highest BCUT2D eigenvalue weighted by Crippen LogP contribution is 2.11. The Balaban J connectivity index is 0.00000576. The van der Waals surface area contributed by atoms with Crippen LogP contribution in [0.3, 0.4) is 0 Å². The number of rotatable bonds is 8. The van der Waals surface area contributed by atoms with Gasteiger partial charge in [0.05, 0.1) is 13.1 Å². The van der Waals surface area contributed by atoms with Gasteiger partial charge in [0.25, 0.3) is 0 Å². The van der Waals surface area contributed by atoms with E-state index in [1.807, 2.05) is 52.0 Å². The monoisotopic (exact) mass is 481 g/mol. The average molecular weight is 481 g/mol. The fourth-order valence-corrected chi connectivity index (χ4v) is 2.73. The Kier molecular flexibility index (Phi) is 12.1. The lowest BCUT2D eigenvalue weighted by Gasteiger charge is -2.17. The molecule has 0 bridgehead atoms. The largest absolute Gasteiger partial charge is 0.492 e. The van der Waals surface area contributed by atoms with E-state index < -0.39 is 10.8 Å². The third-order valence-corrected chi connectivity index (χ3v) is 5.18. The van der Waals surface area contributed by atoms with Gasteiger partial charge in [-0.15, -0.1) is 24.0 Å². The number of aryl methyl sites for hydroxylation is 1. The summed E-state index contributed by atoms with van der Waals surface area (Å²) in [6.07, 6.45) is 0. The summed E-state index contributed by atoms with van der Waals surface area (Å²) in [5.41, 5.74) is 1.22. The molecule has 0 fully saturated rings. The van der Waals surface area contributed by atoms with Crippen LogP contribution in [0, 0.1) is 6.92 Å². The Morgan fingerprint density at radius 1 is 1.20 bits per heavy atom. The fraction of sp³-hybridized carbons (Fsp3) is 0.611. The van der Waals surface area contributed by atoms with Crippen LogP contribution in [0.4, 0.5) is 0 Å². The van der Waals surface area contributed by atoms with Gasteiger partial charge in [-0.2, -0.15) is 0 Å². The number of nitrogens with one attached hydrogen (secondary N) is 2. The number of aliphatic imine (C=N–C) groups is 1. The summed E-state index contributed by atoms with van der Waals surface area (Å²) < 4.78 is 17.5. The molecule has 1 atom stereocenters. The highest BCUT2D eigenvalue weighted by Gasteiger charge is 2.18. The van der Waals surface area contributed by atoms with Crippen molar-refractivity contribution in [2.75, 3.05) is 32.0 Å². The van der Waals surface area contributed by atoms with Gasteiger partial charge in [0.15, 0.2) is 5.96 Å². The first-order valence-electron chi connectivity index (χ1n) is 8.43.